The summed E-state index contributed by atoms with van der Waals surface area (Å²) in [7, 11) is 0. The van der Waals surface area contributed by atoms with Crippen molar-refractivity contribution in [2.24, 2.45) is 0 Å². The van der Waals surface area contributed by atoms with E-state index in [0.29, 0.717) is 21.9 Å². The first-order chi connectivity index (χ1) is 14.9. The van der Waals surface area contributed by atoms with Gasteiger partial charge in [0.2, 0.25) is 0 Å². The number of nitrogens with zero attached hydrogens (tertiary/aromatic N) is 1. The Kier molecular flexibility index (Phi) is 5.61. The Bertz CT molecular complexity index is 1140. The monoisotopic (exact) mass is 437 g/mol. The molecule has 0 saturated carbocycles. The van der Waals surface area contributed by atoms with Gasteiger partial charge in [-0.3, -0.25) is 14.5 Å². The van der Waals surface area contributed by atoms with Crippen molar-refractivity contribution in [3.63, 3.8) is 0 Å². The predicted octanol–water partition coefficient (Wildman–Crippen LogP) is 5.30. The first-order valence-electron chi connectivity index (χ1n) is 9.74. The number of rotatable bonds is 5. The summed E-state index contributed by atoms with van der Waals surface area (Å²) in [4.78, 5) is 27.9. The van der Waals surface area contributed by atoms with E-state index in [1.807, 2.05) is 25.3 Å². The van der Waals surface area contributed by atoms with E-state index in [9.17, 15) is 19.1 Å². The van der Waals surface area contributed by atoms with Crippen LogP contribution in [0.3, 0.4) is 0 Å². The number of thiophene rings is 1. The van der Waals surface area contributed by atoms with Gasteiger partial charge >= 0.3 is 0 Å². The lowest BCUT2D eigenvalue weighted by Crippen LogP contribution is -2.29. The van der Waals surface area contributed by atoms with Crippen LogP contribution in [-0.2, 0) is 9.59 Å². The van der Waals surface area contributed by atoms with Crippen LogP contribution in [0, 0.1) is 5.82 Å². The summed E-state index contributed by atoms with van der Waals surface area (Å²) in [5.74, 6) is -1.64. The number of aliphatic hydroxyl groups excluding tert-OH is 1. The molecule has 1 saturated heterocycles. The van der Waals surface area contributed by atoms with Gasteiger partial charge in [0.15, 0.2) is 0 Å². The summed E-state index contributed by atoms with van der Waals surface area (Å²) in [5, 5.41) is 12.9. The quantitative estimate of drug-likeness (QED) is 0.334. The molecule has 31 heavy (non-hydrogen) atoms. The van der Waals surface area contributed by atoms with Gasteiger partial charge in [-0.25, -0.2) is 4.39 Å². The number of hydrogen-bond acceptors (Lipinski definition) is 5. The molecule has 1 N–H and O–H groups in total. The Morgan fingerprint density at radius 3 is 2.32 bits per heavy atom. The number of amides is 1. The summed E-state index contributed by atoms with van der Waals surface area (Å²) < 4.78 is 19.0. The van der Waals surface area contributed by atoms with Crippen LogP contribution in [0.25, 0.3) is 5.76 Å². The zero-order chi connectivity index (χ0) is 22.1. The molecule has 1 unspecified atom stereocenters. The first kappa shape index (κ1) is 20.8. The van der Waals surface area contributed by atoms with Crippen LogP contribution in [0.5, 0.6) is 5.75 Å². The highest BCUT2D eigenvalue weighted by molar-refractivity contribution is 7.10. The number of carbonyl (C=O) groups is 2. The van der Waals surface area contributed by atoms with Gasteiger partial charge in [0.1, 0.15) is 23.4 Å². The minimum absolute atomic E-state index is 0.000640. The van der Waals surface area contributed by atoms with E-state index in [2.05, 4.69) is 0 Å². The van der Waals surface area contributed by atoms with Gasteiger partial charge in [0.25, 0.3) is 11.7 Å². The summed E-state index contributed by atoms with van der Waals surface area (Å²) in [5.41, 5.74) is 0.769. The largest absolute Gasteiger partial charge is 0.507 e. The van der Waals surface area contributed by atoms with Gasteiger partial charge in [0.05, 0.1) is 11.7 Å². The molecule has 0 aliphatic carbocycles. The maximum absolute atomic E-state index is 13.4. The average Bonchev–Trinajstić information content (AvgIpc) is 3.36. The van der Waals surface area contributed by atoms with Gasteiger partial charge in [-0.05, 0) is 73.8 Å². The first-order valence-corrected chi connectivity index (χ1v) is 10.6. The second-order valence-electron chi connectivity index (χ2n) is 7.35. The van der Waals surface area contributed by atoms with Crippen LogP contribution < -0.4 is 9.64 Å². The molecule has 1 aliphatic heterocycles. The molecule has 0 spiro atoms. The topological polar surface area (TPSA) is 66.8 Å². The molecule has 0 bridgehead atoms. The smallest absolute Gasteiger partial charge is 0.300 e. The number of ketones is 1. The molecule has 1 amide bonds. The summed E-state index contributed by atoms with van der Waals surface area (Å²) in [6.45, 7) is 3.82. The molecule has 1 fully saturated rings. The zero-order valence-corrected chi connectivity index (χ0v) is 17.7. The molecule has 2 aromatic carbocycles. The van der Waals surface area contributed by atoms with Crippen molar-refractivity contribution in [2.45, 2.75) is 26.0 Å². The van der Waals surface area contributed by atoms with Crippen molar-refractivity contribution >= 4 is 34.5 Å². The fraction of sp³-hybridized carbons (Fsp3) is 0.167. The normalized spacial score (nSPS) is 18.1. The van der Waals surface area contributed by atoms with Gasteiger partial charge in [0, 0.05) is 16.1 Å². The lowest BCUT2D eigenvalue weighted by atomic mass is 9.99. The molecule has 5 nitrogen and oxygen atoms in total. The molecule has 1 aliphatic rings. The van der Waals surface area contributed by atoms with Crippen molar-refractivity contribution in [2.75, 3.05) is 4.90 Å². The van der Waals surface area contributed by atoms with Gasteiger partial charge in [-0.2, -0.15) is 0 Å². The van der Waals surface area contributed by atoms with Crippen LogP contribution in [0.4, 0.5) is 10.1 Å². The Morgan fingerprint density at radius 1 is 1.06 bits per heavy atom. The number of carbonyl (C=O) groups excluding carboxylic acids is 2. The maximum atomic E-state index is 13.4. The molecule has 1 aromatic heterocycles. The number of Topliss-reactive ketones (excluding diaryl/α,β-unsaturated/α-hetero) is 1. The fourth-order valence-corrected chi connectivity index (χ4v) is 4.36. The average molecular weight is 437 g/mol. The Hall–Kier alpha value is -3.45. The second kappa shape index (κ2) is 8.35. The third-order valence-electron chi connectivity index (χ3n) is 4.86. The number of aliphatic hydroxyl groups is 1. The number of hydrogen-bond donors (Lipinski definition) is 1. The highest BCUT2D eigenvalue weighted by Gasteiger charge is 2.47. The minimum atomic E-state index is -0.808. The van der Waals surface area contributed by atoms with E-state index in [0.717, 1.165) is 0 Å². The van der Waals surface area contributed by atoms with Crippen LogP contribution in [-0.4, -0.2) is 22.9 Å². The molecule has 158 valence electrons. The van der Waals surface area contributed by atoms with Gasteiger partial charge < -0.3 is 9.84 Å². The van der Waals surface area contributed by atoms with E-state index in [4.69, 9.17) is 4.74 Å². The maximum Gasteiger partial charge on any atom is 0.300 e. The van der Waals surface area contributed by atoms with E-state index < -0.39 is 23.5 Å². The third-order valence-corrected chi connectivity index (χ3v) is 5.79. The molecule has 2 heterocycles. The van der Waals surface area contributed by atoms with E-state index in [-0.39, 0.29) is 17.4 Å². The molecule has 0 radical (unpaired) electrons. The lowest BCUT2D eigenvalue weighted by molar-refractivity contribution is -0.132. The van der Waals surface area contributed by atoms with Crippen molar-refractivity contribution in [1.29, 1.82) is 0 Å². The van der Waals surface area contributed by atoms with E-state index in [1.165, 1.54) is 40.5 Å². The highest BCUT2D eigenvalue weighted by atomic mass is 32.1. The Balaban J connectivity index is 1.82. The number of halogens is 1. The molecule has 3 aromatic rings. The summed E-state index contributed by atoms with van der Waals surface area (Å²) >= 11 is 1.37. The number of benzene rings is 2. The fourth-order valence-electron chi connectivity index (χ4n) is 3.54. The van der Waals surface area contributed by atoms with Crippen molar-refractivity contribution < 1.29 is 23.8 Å². The van der Waals surface area contributed by atoms with Gasteiger partial charge in [-0.1, -0.05) is 6.07 Å². The molecule has 4 rings (SSSR count). The highest BCUT2D eigenvalue weighted by Crippen LogP contribution is 2.43. The SMILES string of the molecule is CC(C)Oc1ccc(/C(O)=C2/C(=O)C(=O)N(c3ccc(F)cc3)C2c2cccs2)cc1. The third kappa shape index (κ3) is 3.96. The van der Waals surface area contributed by atoms with E-state index >= 15 is 0 Å². The Labute approximate surface area is 183 Å². The molecule has 7 heteroatoms. The zero-order valence-electron chi connectivity index (χ0n) is 16.9. The number of anilines is 1. The van der Waals surface area contributed by atoms with Crippen LogP contribution in [0.2, 0.25) is 0 Å². The standard InChI is InChI=1S/C24H20FNO4S/c1-14(2)30-18-11-5-15(6-12-18)22(27)20-21(19-4-3-13-31-19)26(24(29)23(20)28)17-9-7-16(25)8-10-17/h3-14,21,27H,1-2H3/b22-20-. The van der Waals surface area contributed by atoms with E-state index in [1.54, 1.807) is 30.3 Å². The molecule has 1 atom stereocenters. The van der Waals surface area contributed by atoms with Crippen LogP contribution in [0.15, 0.2) is 71.6 Å². The van der Waals surface area contributed by atoms with Crippen molar-refractivity contribution in [3.8, 4) is 5.75 Å². The van der Waals surface area contributed by atoms with Crippen molar-refractivity contribution in [3.05, 3.63) is 87.9 Å². The summed E-state index contributed by atoms with van der Waals surface area (Å²) in [6.07, 6.45) is -0.000640. The number of ether oxygens (including phenoxy) is 1. The predicted molar refractivity (Wildman–Crippen MR) is 118 cm³/mol. The molecular weight excluding hydrogens is 417 g/mol. The van der Waals surface area contributed by atoms with Crippen LogP contribution in [0.1, 0.15) is 30.3 Å². The lowest BCUT2D eigenvalue weighted by Gasteiger charge is -2.24. The summed E-state index contributed by atoms with van der Waals surface area (Å²) in [6, 6.07) is 14.8. The second-order valence-corrected chi connectivity index (χ2v) is 8.33. The Morgan fingerprint density at radius 2 is 1.74 bits per heavy atom. The minimum Gasteiger partial charge on any atom is -0.507 e. The van der Waals surface area contributed by atoms with Gasteiger partial charge in [-0.15, -0.1) is 11.3 Å². The molecular formula is C24H20FNO4S. The van der Waals surface area contributed by atoms with Crippen molar-refractivity contribution in [1.82, 2.24) is 0 Å². The van der Waals surface area contributed by atoms with Crippen LogP contribution >= 0.6 is 11.3 Å².